The molecule has 0 bridgehead atoms. The Hall–Kier alpha value is -1.13. The molecular formula is C17H30N2O2. The van der Waals surface area contributed by atoms with Gasteiger partial charge in [0.15, 0.2) is 0 Å². The summed E-state index contributed by atoms with van der Waals surface area (Å²) in [4.78, 5) is 4.59. The Morgan fingerprint density at radius 1 is 1.19 bits per heavy atom. The molecule has 0 radical (unpaired) electrons. The van der Waals surface area contributed by atoms with Gasteiger partial charge in [-0.1, -0.05) is 20.3 Å². The van der Waals surface area contributed by atoms with E-state index in [1.807, 2.05) is 19.9 Å². The fourth-order valence-corrected chi connectivity index (χ4v) is 2.10. The van der Waals surface area contributed by atoms with Crippen LogP contribution in [0.3, 0.4) is 0 Å². The third-order valence-corrected chi connectivity index (χ3v) is 3.06. The molecule has 120 valence electrons. The molecule has 1 unspecified atom stereocenters. The fraction of sp³-hybridized carbons (Fsp3) is 0.706. The number of hydrogen-bond donors (Lipinski definition) is 1. The van der Waals surface area contributed by atoms with E-state index < -0.39 is 0 Å². The van der Waals surface area contributed by atoms with Crippen molar-refractivity contribution in [2.45, 2.75) is 59.6 Å². The Morgan fingerprint density at radius 3 is 2.67 bits per heavy atom. The molecule has 0 aromatic carbocycles. The first-order valence-corrected chi connectivity index (χ1v) is 8.14. The maximum Gasteiger partial charge on any atom is 0.214 e. The molecule has 4 nitrogen and oxygen atoms in total. The number of aromatic nitrogens is 1. The fourth-order valence-electron chi connectivity index (χ4n) is 2.10. The molecule has 0 spiro atoms. The molecule has 0 aliphatic heterocycles. The molecule has 1 aromatic heterocycles. The molecule has 0 saturated carbocycles. The van der Waals surface area contributed by atoms with E-state index in [2.05, 4.69) is 30.2 Å². The third-order valence-electron chi connectivity index (χ3n) is 3.06. The molecule has 1 atom stereocenters. The van der Waals surface area contributed by atoms with Crippen LogP contribution in [0.15, 0.2) is 12.1 Å². The Bertz CT molecular complexity index is 396. The van der Waals surface area contributed by atoms with E-state index >= 15 is 0 Å². The van der Waals surface area contributed by atoms with Crippen molar-refractivity contribution in [1.29, 1.82) is 0 Å². The number of nitrogens with one attached hydrogen (secondary N) is 1. The highest BCUT2D eigenvalue weighted by atomic mass is 16.5. The van der Waals surface area contributed by atoms with Gasteiger partial charge in [-0.25, -0.2) is 4.98 Å². The van der Waals surface area contributed by atoms with Crippen LogP contribution in [0.5, 0.6) is 5.88 Å². The molecular weight excluding hydrogens is 264 g/mol. The van der Waals surface area contributed by atoms with Crippen molar-refractivity contribution in [2.75, 3.05) is 19.8 Å². The molecule has 1 N–H and O–H groups in total. The van der Waals surface area contributed by atoms with Crippen molar-refractivity contribution in [2.24, 2.45) is 0 Å². The molecule has 0 fully saturated rings. The summed E-state index contributed by atoms with van der Waals surface area (Å²) in [5, 5.41) is 3.43. The van der Waals surface area contributed by atoms with Crippen LogP contribution < -0.4 is 10.1 Å². The molecule has 1 aromatic rings. The predicted octanol–water partition coefficient (Wildman–Crippen LogP) is 3.34. The van der Waals surface area contributed by atoms with E-state index in [9.17, 15) is 0 Å². The maximum absolute atomic E-state index is 5.89. The van der Waals surface area contributed by atoms with Crippen LogP contribution in [0.25, 0.3) is 0 Å². The Kier molecular flexibility index (Phi) is 9.02. The van der Waals surface area contributed by atoms with Crippen LogP contribution in [-0.2, 0) is 17.7 Å². The minimum atomic E-state index is 0.0192. The van der Waals surface area contributed by atoms with Crippen molar-refractivity contribution < 1.29 is 9.47 Å². The highest BCUT2D eigenvalue weighted by molar-refractivity contribution is 5.25. The molecule has 21 heavy (non-hydrogen) atoms. The van der Waals surface area contributed by atoms with Gasteiger partial charge >= 0.3 is 0 Å². The van der Waals surface area contributed by atoms with Gasteiger partial charge in [0.2, 0.25) is 5.88 Å². The SMILES string of the molecule is CCCNCc1cc(CCC)nc(OC(C)COCC)c1. The van der Waals surface area contributed by atoms with Crippen LogP contribution in [0.2, 0.25) is 0 Å². The van der Waals surface area contributed by atoms with E-state index in [0.29, 0.717) is 19.1 Å². The summed E-state index contributed by atoms with van der Waals surface area (Å²) in [6, 6.07) is 4.20. The van der Waals surface area contributed by atoms with E-state index in [4.69, 9.17) is 9.47 Å². The van der Waals surface area contributed by atoms with Crippen LogP contribution in [-0.4, -0.2) is 30.8 Å². The first kappa shape index (κ1) is 17.9. The summed E-state index contributed by atoms with van der Waals surface area (Å²) in [7, 11) is 0. The molecule has 4 heteroatoms. The first-order valence-electron chi connectivity index (χ1n) is 8.14. The monoisotopic (exact) mass is 294 g/mol. The van der Waals surface area contributed by atoms with Crippen LogP contribution >= 0.6 is 0 Å². The molecule has 1 heterocycles. The number of nitrogens with zero attached hydrogens (tertiary/aromatic N) is 1. The van der Waals surface area contributed by atoms with Crippen LogP contribution in [0.1, 0.15) is 51.8 Å². The highest BCUT2D eigenvalue weighted by Gasteiger charge is 2.08. The van der Waals surface area contributed by atoms with Gasteiger partial charge in [-0.3, -0.25) is 0 Å². The summed E-state index contributed by atoms with van der Waals surface area (Å²) >= 11 is 0. The molecule has 0 amide bonds. The van der Waals surface area contributed by atoms with Gasteiger partial charge in [0.1, 0.15) is 6.10 Å². The van der Waals surface area contributed by atoms with Gasteiger partial charge in [0, 0.05) is 24.9 Å². The van der Waals surface area contributed by atoms with E-state index in [-0.39, 0.29) is 6.10 Å². The van der Waals surface area contributed by atoms with Gasteiger partial charge in [-0.15, -0.1) is 0 Å². The smallest absolute Gasteiger partial charge is 0.214 e. The minimum absolute atomic E-state index is 0.0192. The Labute approximate surface area is 129 Å². The van der Waals surface area contributed by atoms with Gasteiger partial charge in [0.05, 0.1) is 6.61 Å². The van der Waals surface area contributed by atoms with Crippen molar-refractivity contribution >= 4 is 0 Å². The zero-order chi connectivity index (χ0) is 15.5. The lowest BCUT2D eigenvalue weighted by atomic mass is 10.1. The number of ether oxygens (including phenoxy) is 2. The lowest BCUT2D eigenvalue weighted by Crippen LogP contribution is -2.20. The van der Waals surface area contributed by atoms with Gasteiger partial charge in [-0.05, 0) is 44.9 Å². The average Bonchev–Trinajstić information content (AvgIpc) is 2.45. The van der Waals surface area contributed by atoms with Crippen LogP contribution in [0.4, 0.5) is 0 Å². The number of aryl methyl sites for hydroxylation is 1. The zero-order valence-corrected chi connectivity index (χ0v) is 13.9. The standard InChI is InChI=1S/C17H30N2O2/c1-5-8-16-10-15(12-18-9-6-2)11-17(19-16)21-14(4)13-20-7-3/h10-11,14,18H,5-9,12-13H2,1-4H3. The molecule has 0 saturated heterocycles. The van der Waals surface area contributed by atoms with E-state index in [0.717, 1.165) is 38.0 Å². The average molecular weight is 294 g/mol. The van der Waals surface area contributed by atoms with Crippen molar-refractivity contribution in [3.05, 3.63) is 23.4 Å². The predicted molar refractivity (Wildman–Crippen MR) is 86.8 cm³/mol. The van der Waals surface area contributed by atoms with Gasteiger partial charge in [0.25, 0.3) is 0 Å². The largest absolute Gasteiger partial charge is 0.472 e. The first-order chi connectivity index (χ1) is 10.2. The Balaban J connectivity index is 2.71. The number of rotatable bonds is 11. The quantitative estimate of drug-likeness (QED) is 0.636. The van der Waals surface area contributed by atoms with Crippen molar-refractivity contribution in [3.63, 3.8) is 0 Å². The summed E-state index contributed by atoms with van der Waals surface area (Å²) < 4.78 is 11.3. The summed E-state index contributed by atoms with van der Waals surface area (Å²) in [6.07, 6.45) is 3.23. The summed E-state index contributed by atoms with van der Waals surface area (Å²) in [6.45, 7) is 11.5. The number of pyridine rings is 1. The molecule has 0 aliphatic carbocycles. The lowest BCUT2D eigenvalue weighted by molar-refractivity contribution is 0.0632. The number of hydrogen-bond acceptors (Lipinski definition) is 4. The van der Waals surface area contributed by atoms with E-state index in [1.54, 1.807) is 0 Å². The second-order valence-electron chi connectivity index (χ2n) is 5.32. The summed E-state index contributed by atoms with van der Waals surface area (Å²) in [5.74, 6) is 0.710. The minimum Gasteiger partial charge on any atom is -0.472 e. The molecule has 0 aliphatic rings. The van der Waals surface area contributed by atoms with Gasteiger partial charge < -0.3 is 14.8 Å². The molecule has 1 rings (SSSR count). The zero-order valence-electron chi connectivity index (χ0n) is 13.9. The summed E-state index contributed by atoms with van der Waals surface area (Å²) in [5.41, 5.74) is 2.34. The van der Waals surface area contributed by atoms with Crippen molar-refractivity contribution in [1.82, 2.24) is 10.3 Å². The second kappa shape index (κ2) is 10.6. The van der Waals surface area contributed by atoms with Crippen molar-refractivity contribution in [3.8, 4) is 5.88 Å². The van der Waals surface area contributed by atoms with Crippen LogP contribution in [0, 0.1) is 0 Å². The van der Waals surface area contributed by atoms with E-state index in [1.165, 1.54) is 5.56 Å². The Morgan fingerprint density at radius 2 is 2.00 bits per heavy atom. The second-order valence-corrected chi connectivity index (χ2v) is 5.32. The lowest BCUT2D eigenvalue weighted by Gasteiger charge is -2.15. The topological polar surface area (TPSA) is 43.4 Å². The maximum atomic E-state index is 5.89. The highest BCUT2D eigenvalue weighted by Crippen LogP contribution is 2.16. The normalized spacial score (nSPS) is 12.4. The van der Waals surface area contributed by atoms with Gasteiger partial charge in [-0.2, -0.15) is 0 Å². The third kappa shape index (κ3) is 7.44.